The van der Waals surface area contributed by atoms with Gasteiger partial charge in [0.1, 0.15) is 11.6 Å². The van der Waals surface area contributed by atoms with E-state index in [1.54, 1.807) is 13.2 Å². The van der Waals surface area contributed by atoms with Crippen LogP contribution in [-0.2, 0) is 17.9 Å². The van der Waals surface area contributed by atoms with Crippen LogP contribution in [0, 0.1) is 12.7 Å². The molecule has 162 valence electrons. The lowest BCUT2D eigenvalue weighted by molar-refractivity contribution is 0.181. The number of ether oxygens (including phenoxy) is 1. The first-order valence-corrected chi connectivity index (χ1v) is 10.6. The maximum absolute atomic E-state index is 13.8. The van der Waals surface area contributed by atoms with Gasteiger partial charge in [0.05, 0.1) is 13.2 Å². The van der Waals surface area contributed by atoms with Crippen LogP contribution in [0.25, 0.3) is 0 Å². The predicted octanol–water partition coefficient (Wildman–Crippen LogP) is 3.40. The summed E-state index contributed by atoms with van der Waals surface area (Å²) in [6.07, 6.45) is 3.96. The van der Waals surface area contributed by atoms with Crippen molar-refractivity contribution in [3.63, 3.8) is 0 Å². The van der Waals surface area contributed by atoms with Crippen LogP contribution >= 0.6 is 0 Å². The van der Waals surface area contributed by atoms with Gasteiger partial charge >= 0.3 is 0 Å². The zero-order valence-corrected chi connectivity index (χ0v) is 18.1. The number of pyridine rings is 1. The Labute approximate surface area is 178 Å². The van der Waals surface area contributed by atoms with E-state index in [0.29, 0.717) is 18.2 Å². The molecule has 6 nitrogen and oxygen atoms in total. The molecule has 0 radical (unpaired) electrons. The highest BCUT2D eigenvalue weighted by Crippen LogP contribution is 2.18. The second-order valence-electron chi connectivity index (χ2n) is 7.65. The number of aryl methyl sites for hydroxylation is 1. The van der Waals surface area contributed by atoms with Crippen LogP contribution in [0.3, 0.4) is 0 Å². The van der Waals surface area contributed by atoms with Crippen LogP contribution in [0.15, 0.2) is 41.5 Å². The molecule has 1 aromatic carbocycles. The first kappa shape index (κ1) is 22.0. The lowest BCUT2D eigenvalue weighted by atomic mass is 10.1. The molecular formula is C23H32FN5O. The summed E-state index contributed by atoms with van der Waals surface area (Å²) in [6.45, 7) is 7.57. The number of nitrogens with one attached hydrogen (secondary N) is 2. The molecule has 1 aliphatic heterocycles. The van der Waals surface area contributed by atoms with Crippen molar-refractivity contribution in [3.05, 3.63) is 59.0 Å². The molecule has 0 spiro atoms. The fraction of sp³-hybridized carbons (Fsp3) is 0.478. The van der Waals surface area contributed by atoms with Gasteiger partial charge in [0, 0.05) is 44.5 Å². The van der Waals surface area contributed by atoms with Gasteiger partial charge in [-0.25, -0.2) is 14.4 Å². The number of benzene rings is 1. The Bertz CT molecular complexity index is 832. The van der Waals surface area contributed by atoms with Crippen LogP contribution in [0.4, 0.5) is 10.2 Å². The van der Waals surface area contributed by atoms with E-state index in [1.165, 1.54) is 11.6 Å². The quantitative estimate of drug-likeness (QED) is 0.538. The van der Waals surface area contributed by atoms with Crippen LogP contribution in [0.1, 0.15) is 36.5 Å². The van der Waals surface area contributed by atoms with Gasteiger partial charge in [-0.15, -0.1) is 0 Å². The van der Waals surface area contributed by atoms with Crippen molar-refractivity contribution in [3.8, 4) is 0 Å². The topological polar surface area (TPSA) is 61.8 Å². The van der Waals surface area contributed by atoms with Gasteiger partial charge in [0.2, 0.25) is 0 Å². The highest BCUT2D eigenvalue weighted by atomic mass is 19.1. The summed E-state index contributed by atoms with van der Waals surface area (Å²) in [5.74, 6) is 1.59. The summed E-state index contributed by atoms with van der Waals surface area (Å²) in [5.41, 5.74) is 2.69. The van der Waals surface area contributed by atoms with E-state index in [9.17, 15) is 4.39 Å². The molecule has 2 heterocycles. The molecule has 0 saturated carbocycles. The molecular weight excluding hydrogens is 381 g/mol. The van der Waals surface area contributed by atoms with Gasteiger partial charge in [0.15, 0.2) is 5.96 Å². The van der Waals surface area contributed by atoms with Crippen LogP contribution < -0.4 is 15.5 Å². The minimum Gasteiger partial charge on any atom is -0.380 e. The van der Waals surface area contributed by atoms with Gasteiger partial charge in [0.25, 0.3) is 0 Å². The zero-order valence-electron chi connectivity index (χ0n) is 18.1. The second-order valence-corrected chi connectivity index (χ2v) is 7.65. The van der Waals surface area contributed by atoms with Crippen molar-refractivity contribution in [2.75, 3.05) is 31.6 Å². The Morgan fingerprint density at radius 1 is 1.27 bits per heavy atom. The van der Waals surface area contributed by atoms with Crippen LogP contribution in [0.5, 0.6) is 0 Å². The minimum absolute atomic E-state index is 0.246. The van der Waals surface area contributed by atoms with Crippen molar-refractivity contribution >= 4 is 11.8 Å². The molecule has 3 rings (SSSR count). The molecule has 0 atom stereocenters. The lowest BCUT2D eigenvalue weighted by Crippen LogP contribution is -2.48. The molecule has 0 bridgehead atoms. The van der Waals surface area contributed by atoms with Crippen LogP contribution in [0.2, 0.25) is 0 Å². The first-order valence-electron chi connectivity index (χ1n) is 10.6. The molecule has 1 aromatic heterocycles. The standard InChI is InChI=1S/C23H32FN5O/c1-4-25-23(27-15-18-6-7-21(24)19(13-18)16-30-3)28-20-9-11-29(12-10-20)22-8-5-17(2)14-26-22/h5-8,13-14,20H,4,9-12,15-16H2,1-3H3,(H2,25,27,28). The van der Waals surface area contributed by atoms with Crippen molar-refractivity contribution in [2.45, 2.75) is 45.9 Å². The van der Waals surface area contributed by atoms with Gasteiger partial charge in [-0.3, -0.25) is 0 Å². The van der Waals surface area contributed by atoms with E-state index < -0.39 is 0 Å². The number of aliphatic imine (C=N–C) groups is 1. The number of aromatic nitrogens is 1. The summed E-state index contributed by atoms with van der Waals surface area (Å²) in [7, 11) is 1.57. The predicted molar refractivity (Wildman–Crippen MR) is 119 cm³/mol. The van der Waals surface area contributed by atoms with Crippen LogP contribution in [-0.4, -0.2) is 43.7 Å². The third kappa shape index (κ3) is 6.16. The van der Waals surface area contributed by atoms with Gasteiger partial charge < -0.3 is 20.3 Å². The summed E-state index contributed by atoms with van der Waals surface area (Å²) in [5, 5.41) is 6.87. The summed E-state index contributed by atoms with van der Waals surface area (Å²) in [6, 6.07) is 9.63. The Hall–Kier alpha value is -2.67. The molecule has 7 heteroatoms. The average molecular weight is 414 g/mol. The van der Waals surface area contributed by atoms with Crippen molar-refractivity contribution in [1.29, 1.82) is 0 Å². The third-order valence-corrected chi connectivity index (χ3v) is 5.23. The van der Waals surface area contributed by atoms with Gasteiger partial charge in [-0.2, -0.15) is 0 Å². The molecule has 0 amide bonds. The van der Waals surface area contributed by atoms with Gasteiger partial charge in [-0.05, 0) is 56.0 Å². The van der Waals surface area contributed by atoms with E-state index in [4.69, 9.17) is 9.73 Å². The Morgan fingerprint density at radius 3 is 2.73 bits per heavy atom. The Balaban J connectivity index is 1.56. The first-order chi connectivity index (χ1) is 14.6. The highest BCUT2D eigenvalue weighted by Gasteiger charge is 2.20. The molecule has 2 aromatic rings. The Morgan fingerprint density at radius 2 is 2.07 bits per heavy atom. The van der Waals surface area contributed by atoms with Crippen molar-refractivity contribution < 1.29 is 9.13 Å². The number of piperidine rings is 1. The maximum atomic E-state index is 13.8. The van der Waals surface area contributed by atoms with E-state index in [0.717, 1.165) is 49.8 Å². The number of anilines is 1. The fourth-order valence-corrected chi connectivity index (χ4v) is 3.58. The molecule has 0 aliphatic carbocycles. The molecule has 30 heavy (non-hydrogen) atoms. The number of hydrogen-bond donors (Lipinski definition) is 2. The minimum atomic E-state index is -0.246. The number of halogens is 1. The van der Waals surface area contributed by atoms with E-state index in [2.05, 4.69) is 46.5 Å². The fourth-order valence-electron chi connectivity index (χ4n) is 3.58. The maximum Gasteiger partial charge on any atom is 0.191 e. The third-order valence-electron chi connectivity index (χ3n) is 5.23. The van der Waals surface area contributed by atoms with Crippen molar-refractivity contribution in [1.82, 2.24) is 15.6 Å². The molecule has 0 unspecified atom stereocenters. The van der Waals surface area contributed by atoms with Crippen molar-refractivity contribution in [2.24, 2.45) is 4.99 Å². The number of guanidine groups is 1. The zero-order chi connectivity index (χ0) is 21.3. The SMILES string of the molecule is CCNC(=NCc1ccc(F)c(COC)c1)NC1CCN(c2ccc(C)cn2)CC1. The van der Waals surface area contributed by atoms with E-state index >= 15 is 0 Å². The Kier molecular flexibility index (Phi) is 8.02. The molecule has 1 aliphatic rings. The number of methoxy groups -OCH3 is 1. The summed E-state index contributed by atoms with van der Waals surface area (Å²) >= 11 is 0. The molecule has 1 fully saturated rings. The van der Waals surface area contributed by atoms with E-state index in [1.807, 2.05) is 12.3 Å². The normalized spacial score (nSPS) is 15.3. The highest BCUT2D eigenvalue weighted by molar-refractivity contribution is 5.80. The van der Waals surface area contributed by atoms with E-state index in [-0.39, 0.29) is 12.4 Å². The summed E-state index contributed by atoms with van der Waals surface area (Å²) in [4.78, 5) is 11.6. The number of hydrogen-bond acceptors (Lipinski definition) is 4. The smallest absolute Gasteiger partial charge is 0.191 e. The molecule has 2 N–H and O–H groups in total. The van der Waals surface area contributed by atoms with Gasteiger partial charge in [-0.1, -0.05) is 12.1 Å². The summed E-state index contributed by atoms with van der Waals surface area (Å²) < 4.78 is 18.9. The average Bonchev–Trinajstić information content (AvgIpc) is 2.75. The lowest BCUT2D eigenvalue weighted by Gasteiger charge is -2.33. The largest absolute Gasteiger partial charge is 0.380 e. The second kappa shape index (κ2) is 10.9. The monoisotopic (exact) mass is 413 g/mol. The number of rotatable bonds is 7. The number of nitrogens with zero attached hydrogens (tertiary/aromatic N) is 3. The molecule has 1 saturated heterocycles.